The summed E-state index contributed by atoms with van der Waals surface area (Å²) in [4.78, 5) is 14.6. The van der Waals surface area contributed by atoms with Gasteiger partial charge in [0, 0.05) is 41.1 Å². The number of carbonyl (C=O) groups is 1. The van der Waals surface area contributed by atoms with E-state index in [4.69, 9.17) is 16.3 Å². The minimum absolute atomic E-state index is 0.0242. The van der Waals surface area contributed by atoms with Crippen LogP contribution in [-0.4, -0.2) is 26.1 Å². The van der Waals surface area contributed by atoms with Crippen LogP contribution in [0.4, 0.5) is 11.4 Å². The van der Waals surface area contributed by atoms with Crippen molar-refractivity contribution in [3.63, 3.8) is 0 Å². The Morgan fingerprint density at radius 1 is 1.26 bits per heavy atom. The van der Waals surface area contributed by atoms with Crippen LogP contribution in [0.3, 0.4) is 0 Å². The lowest BCUT2D eigenvalue weighted by molar-refractivity contribution is -0.112. The van der Waals surface area contributed by atoms with Crippen molar-refractivity contribution >= 4 is 35.0 Å². The number of hydrogen-bond donors (Lipinski definition) is 1. The van der Waals surface area contributed by atoms with Crippen molar-refractivity contribution in [1.29, 1.82) is 5.26 Å². The van der Waals surface area contributed by atoms with E-state index in [0.29, 0.717) is 22.0 Å². The van der Waals surface area contributed by atoms with E-state index >= 15 is 0 Å². The molecule has 0 bridgehead atoms. The lowest BCUT2D eigenvalue weighted by atomic mass is 10.1. The van der Waals surface area contributed by atoms with Gasteiger partial charge in [0.1, 0.15) is 17.4 Å². The lowest BCUT2D eigenvalue weighted by Crippen LogP contribution is -2.21. The van der Waals surface area contributed by atoms with Crippen LogP contribution >= 0.6 is 11.6 Å². The molecule has 0 aliphatic heterocycles. The fourth-order valence-electron chi connectivity index (χ4n) is 2.67. The van der Waals surface area contributed by atoms with E-state index in [1.165, 1.54) is 6.08 Å². The van der Waals surface area contributed by atoms with Crippen LogP contribution in [0, 0.1) is 11.3 Å². The van der Waals surface area contributed by atoms with Gasteiger partial charge in [-0.2, -0.15) is 5.26 Å². The van der Waals surface area contributed by atoms with Crippen LogP contribution in [0.25, 0.3) is 6.08 Å². The van der Waals surface area contributed by atoms with Gasteiger partial charge in [0.15, 0.2) is 0 Å². The molecule has 0 radical (unpaired) electrons. The van der Waals surface area contributed by atoms with E-state index in [0.717, 1.165) is 18.8 Å². The molecule has 0 saturated heterocycles. The number of carbonyl (C=O) groups excluding carboxylic acids is 1. The molecule has 6 heteroatoms. The van der Waals surface area contributed by atoms with Crippen molar-refractivity contribution in [2.45, 2.75) is 13.8 Å². The number of nitrogens with one attached hydrogen (secondary N) is 1. The molecule has 2 aromatic rings. The molecule has 0 unspecified atom stereocenters. The number of hydrogen-bond acceptors (Lipinski definition) is 4. The topological polar surface area (TPSA) is 65.4 Å². The van der Waals surface area contributed by atoms with Gasteiger partial charge < -0.3 is 15.0 Å². The number of nitrogens with zero attached hydrogens (tertiary/aromatic N) is 2. The van der Waals surface area contributed by atoms with E-state index in [1.54, 1.807) is 31.4 Å². The highest BCUT2D eigenvalue weighted by molar-refractivity contribution is 6.31. The van der Waals surface area contributed by atoms with Crippen molar-refractivity contribution in [2.24, 2.45) is 0 Å². The van der Waals surface area contributed by atoms with Gasteiger partial charge in [0.05, 0.1) is 7.11 Å². The van der Waals surface area contributed by atoms with Crippen LogP contribution in [0.5, 0.6) is 5.75 Å². The smallest absolute Gasteiger partial charge is 0.266 e. The normalized spacial score (nSPS) is 10.9. The highest BCUT2D eigenvalue weighted by atomic mass is 35.5. The minimum Gasteiger partial charge on any atom is -0.496 e. The van der Waals surface area contributed by atoms with Crippen LogP contribution in [0.2, 0.25) is 5.02 Å². The first-order chi connectivity index (χ1) is 13.0. The minimum atomic E-state index is -0.505. The predicted molar refractivity (Wildman–Crippen MR) is 110 cm³/mol. The summed E-state index contributed by atoms with van der Waals surface area (Å²) in [6, 6.07) is 14.4. The van der Waals surface area contributed by atoms with Crippen LogP contribution in [0.15, 0.2) is 48.0 Å². The number of halogens is 1. The first kappa shape index (κ1) is 20.3. The summed E-state index contributed by atoms with van der Waals surface area (Å²) in [5.74, 6) is 0.0948. The number of ether oxygens (including phenoxy) is 1. The molecule has 2 rings (SSSR count). The van der Waals surface area contributed by atoms with Crippen molar-refractivity contribution in [2.75, 3.05) is 30.4 Å². The predicted octanol–water partition coefficient (Wildman–Crippen LogP) is 4.74. The van der Waals surface area contributed by atoms with Crippen molar-refractivity contribution < 1.29 is 9.53 Å². The van der Waals surface area contributed by atoms with Gasteiger partial charge in [-0.1, -0.05) is 17.7 Å². The summed E-state index contributed by atoms with van der Waals surface area (Å²) in [5, 5.41) is 12.6. The van der Waals surface area contributed by atoms with E-state index in [2.05, 4.69) is 24.1 Å². The first-order valence-electron chi connectivity index (χ1n) is 8.64. The van der Waals surface area contributed by atoms with E-state index < -0.39 is 5.91 Å². The molecular formula is C21H22ClN3O2. The zero-order chi connectivity index (χ0) is 19.8. The second kappa shape index (κ2) is 9.65. The summed E-state index contributed by atoms with van der Waals surface area (Å²) in [6.07, 6.45) is 1.52. The lowest BCUT2D eigenvalue weighted by Gasteiger charge is -2.22. The molecule has 0 saturated carbocycles. The van der Waals surface area contributed by atoms with Gasteiger partial charge in [-0.15, -0.1) is 0 Å². The molecule has 0 fully saturated rings. The average Bonchev–Trinajstić information content (AvgIpc) is 2.67. The maximum absolute atomic E-state index is 12.4. The van der Waals surface area contributed by atoms with E-state index in [1.807, 2.05) is 24.3 Å². The molecule has 0 atom stereocenters. The Bertz CT molecular complexity index is 883. The summed E-state index contributed by atoms with van der Waals surface area (Å²) >= 11 is 5.92. The monoisotopic (exact) mass is 383 g/mol. The number of methoxy groups -OCH3 is 1. The van der Waals surface area contributed by atoms with Crippen LogP contribution in [-0.2, 0) is 4.79 Å². The molecule has 140 valence electrons. The second-order valence-corrected chi connectivity index (χ2v) is 6.17. The number of anilines is 2. The van der Waals surface area contributed by atoms with Crippen molar-refractivity contribution in [1.82, 2.24) is 0 Å². The molecule has 0 heterocycles. The van der Waals surface area contributed by atoms with Gasteiger partial charge in [0.2, 0.25) is 0 Å². The summed E-state index contributed by atoms with van der Waals surface area (Å²) in [6.45, 7) is 5.91. The van der Waals surface area contributed by atoms with Crippen LogP contribution < -0.4 is 15.0 Å². The Kier molecular flexibility index (Phi) is 7.27. The van der Waals surface area contributed by atoms with Crippen LogP contribution in [0.1, 0.15) is 19.4 Å². The SMILES string of the molecule is CCN(CC)c1ccc(/C=C(\C#N)C(=O)Nc2cccc(Cl)c2)c(OC)c1. The highest BCUT2D eigenvalue weighted by Gasteiger charge is 2.13. The molecule has 0 spiro atoms. The standard InChI is InChI=1S/C21H22ClN3O2/c1-4-25(5-2)19-10-9-15(20(13-19)27-3)11-16(14-23)21(26)24-18-8-6-7-17(22)12-18/h6-13H,4-5H2,1-3H3,(H,24,26)/b16-11+. The zero-order valence-electron chi connectivity index (χ0n) is 15.6. The number of nitriles is 1. The fourth-order valence-corrected chi connectivity index (χ4v) is 2.86. The maximum Gasteiger partial charge on any atom is 0.266 e. The van der Waals surface area contributed by atoms with Crippen molar-refractivity contribution in [3.8, 4) is 11.8 Å². The third kappa shape index (κ3) is 5.25. The summed E-state index contributed by atoms with van der Waals surface area (Å²) in [7, 11) is 1.57. The molecule has 2 aromatic carbocycles. The van der Waals surface area contributed by atoms with Gasteiger partial charge in [-0.25, -0.2) is 0 Å². The molecule has 1 N–H and O–H groups in total. The molecule has 0 aromatic heterocycles. The number of rotatable bonds is 7. The average molecular weight is 384 g/mol. The zero-order valence-corrected chi connectivity index (χ0v) is 16.4. The van der Waals surface area contributed by atoms with Crippen molar-refractivity contribution in [3.05, 3.63) is 58.6 Å². The van der Waals surface area contributed by atoms with Gasteiger partial charge in [0.25, 0.3) is 5.91 Å². The Morgan fingerprint density at radius 2 is 2.00 bits per heavy atom. The summed E-state index contributed by atoms with van der Waals surface area (Å²) < 4.78 is 5.45. The number of benzene rings is 2. The molecule has 5 nitrogen and oxygen atoms in total. The quantitative estimate of drug-likeness (QED) is 0.554. The largest absolute Gasteiger partial charge is 0.496 e. The Labute approximate surface area is 164 Å². The Morgan fingerprint density at radius 3 is 2.59 bits per heavy atom. The first-order valence-corrected chi connectivity index (χ1v) is 9.01. The second-order valence-electron chi connectivity index (χ2n) is 5.73. The summed E-state index contributed by atoms with van der Waals surface area (Å²) in [5.41, 5.74) is 2.18. The van der Waals surface area contributed by atoms with E-state index in [-0.39, 0.29) is 5.57 Å². The molecule has 27 heavy (non-hydrogen) atoms. The molecule has 0 aliphatic carbocycles. The third-order valence-electron chi connectivity index (χ3n) is 4.09. The molecular weight excluding hydrogens is 362 g/mol. The Hall–Kier alpha value is -2.97. The fraction of sp³-hybridized carbons (Fsp3) is 0.238. The maximum atomic E-state index is 12.4. The molecule has 1 amide bonds. The van der Waals surface area contributed by atoms with Gasteiger partial charge >= 0.3 is 0 Å². The van der Waals surface area contributed by atoms with Gasteiger partial charge in [-0.05, 0) is 50.3 Å². The van der Waals surface area contributed by atoms with Gasteiger partial charge in [-0.3, -0.25) is 4.79 Å². The number of amides is 1. The molecule has 0 aliphatic rings. The Balaban J connectivity index is 2.31. The highest BCUT2D eigenvalue weighted by Crippen LogP contribution is 2.28. The van der Waals surface area contributed by atoms with E-state index in [9.17, 15) is 10.1 Å². The third-order valence-corrected chi connectivity index (χ3v) is 4.33.